The summed E-state index contributed by atoms with van der Waals surface area (Å²) in [5.41, 5.74) is 2.56. The molecule has 1 fully saturated rings. The molecule has 0 radical (unpaired) electrons. The van der Waals surface area contributed by atoms with Crippen molar-refractivity contribution in [2.75, 3.05) is 6.54 Å². The van der Waals surface area contributed by atoms with E-state index in [-0.39, 0.29) is 0 Å². The first-order chi connectivity index (χ1) is 8.92. The molecule has 3 heterocycles. The van der Waals surface area contributed by atoms with Crippen LogP contribution in [-0.4, -0.2) is 11.5 Å². The maximum atomic E-state index is 4.92. The molecule has 1 atom stereocenters. The summed E-state index contributed by atoms with van der Waals surface area (Å²) >= 11 is 3.84. The molecule has 4 rings (SSSR count). The minimum atomic E-state index is 0.498. The summed E-state index contributed by atoms with van der Waals surface area (Å²) in [5, 5.41) is 4.83. The standard InChI is InChI=1S/C14H14N2S2/c1-2-6-11-9(4-1)13-12(8-17-11)18-14(16-13)10-5-3-7-15-10/h1-2,4,6,10,15H,3,5,7-8H2. The minimum absolute atomic E-state index is 0.498. The van der Waals surface area contributed by atoms with Crippen LogP contribution in [0, 0.1) is 0 Å². The number of benzene rings is 1. The molecule has 2 aliphatic rings. The Morgan fingerprint density at radius 1 is 1.28 bits per heavy atom. The lowest BCUT2D eigenvalue weighted by Gasteiger charge is -2.13. The highest BCUT2D eigenvalue weighted by Gasteiger charge is 2.25. The fraction of sp³-hybridized carbons (Fsp3) is 0.357. The van der Waals surface area contributed by atoms with Crippen LogP contribution in [0.4, 0.5) is 0 Å². The average molecular weight is 274 g/mol. The molecule has 0 amide bonds. The van der Waals surface area contributed by atoms with Gasteiger partial charge in [-0.15, -0.1) is 23.1 Å². The lowest BCUT2D eigenvalue weighted by molar-refractivity contribution is 0.643. The van der Waals surface area contributed by atoms with Gasteiger partial charge in [0, 0.05) is 21.1 Å². The quantitative estimate of drug-likeness (QED) is 0.855. The molecular formula is C14H14N2S2. The Morgan fingerprint density at radius 2 is 2.22 bits per heavy atom. The molecule has 1 aromatic carbocycles. The summed E-state index contributed by atoms with van der Waals surface area (Å²) < 4.78 is 0. The number of hydrogen-bond acceptors (Lipinski definition) is 4. The number of rotatable bonds is 1. The molecule has 1 aromatic heterocycles. The Morgan fingerprint density at radius 3 is 3.11 bits per heavy atom. The van der Waals surface area contributed by atoms with E-state index >= 15 is 0 Å². The second kappa shape index (κ2) is 4.37. The Hall–Kier alpha value is -0.840. The van der Waals surface area contributed by atoms with Crippen molar-refractivity contribution in [2.45, 2.75) is 29.5 Å². The minimum Gasteiger partial charge on any atom is -0.308 e. The number of thiazole rings is 1. The molecule has 0 aliphatic carbocycles. The van der Waals surface area contributed by atoms with Gasteiger partial charge in [0.15, 0.2) is 0 Å². The van der Waals surface area contributed by atoms with E-state index < -0.39 is 0 Å². The zero-order valence-corrected chi connectivity index (χ0v) is 11.6. The summed E-state index contributed by atoms with van der Waals surface area (Å²) in [5.74, 6) is 1.08. The van der Waals surface area contributed by atoms with Crippen LogP contribution in [0.25, 0.3) is 11.3 Å². The van der Waals surface area contributed by atoms with Gasteiger partial charge in [-0.2, -0.15) is 0 Å². The van der Waals surface area contributed by atoms with Crippen LogP contribution in [0.1, 0.15) is 28.8 Å². The first kappa shape index (κ1) is 11.0. The Bertz CT molecular complexity index is 585. The lowest BCUT2D eigenvalue weighted by atomic mass is 10.1. The number of hydrogen-bond donors (Lipinski definition) is 1. The molecule has 92 valence electrons. The van der Waals surface area contributed by atoms with Crippen molar-refractivity contribution in [2.24, 2.45) is 0 Å². The van der Waals surface area contributed by atoms with Gasteiger partial charge >= 0.3 is 0 Å². The van der Waals surface area contributed by atoms with Gasteiger partial charge in [0.25, 0.3) is 0 Å². The van der Waals surface area contributed by atoms with Crippen LogP contribution in [0.3, 0.4) is 0 Å². The van der Waals surface area contributed by atoms with Crippen molar-refractivity contribution < 1.29 is 0 Å². The summed E-state index contributed by atoms with van der Waals surface area (Å²) in [4.78, 5) is 7.74. The van der Waals surface area contributed by atoms with E-state index in [1.165, 1.54) is 38.9 Å². The molecule has 1 N–H and O–H groups in total. The van der Waals surface area contributed by atoms with Crippen LogP contribution >= 0.6 is 23.1 Å². The van der Waals surface area contributed by atoms with Gasteiger partial charge in [-0.05, 0) is 25.5 Å². The van der Waals surface area contributed by atoms with Gasteiger partial charge in [-0.3, -0.25) is 0 Å². The molecule has 2 aromatic rings. The largest absolute Gasteiger partial charge is 0.308 e. The van der Waals surface area contributed by atoms with Crippen molar-refractivity contribution in [3.8, 4) is 11.3 Å². The Balaban J connectivity index is 1.79. The molecule has 0 bridgehead atoms. The summed E-state index contributed by atoms with van der Waals surface area (Å²) in [6.45, 7) is 1.14. The van der Waals surface area contributed by atoms with E-state index in [9.17, 15) is 0 Å². The van der Waals surface area contributed by atoms with Gasteiger partial charge in [-0.1, -0.05) is 18.2 Å². The second-order valence-corrected chi connectivity index (χ2v) is 6.89. The molecule has 18 heavy (non-hydrogen) atoms. The normalized spacial score (nSPS) is 21.7. The van der Waals surface area contributed by atoms with E-state index in [2.05, 4.69) is 29.6 Å². The molecule has 0 saturated carbocycles. The highest BCUT2D eigenvalue weighted by molar-refractivity contribution is 7.98. The van der Waals surface area contributed by atoms with Gasteiger partial charge in [0.2, 0.25) is 0 Å². The third-order valence-corrected chi connectivity index (χ3v) is 6.03. The highest BCUT2D eigenvalue weighted by atomic mass is 32.2. The first-order valence-corrected chi connectivity index (χ1v) is 8.17. The summed E-state index contributed by atoms with van der Waals surface area (Å²) in [6, 6.07) is 9.13. The average Bonchev–Trinajstić information content (AvgIpc) is 3.07. The van der Waals surface area contributed by atoms with Crippen LogP contribution in [0.5, 0.6) is 0 Å². The van der Waals surface area contributed by atoms with Gasteiger partial charge < -0.3 is 5.32 Å². The summed E-state index contributed by atoms with van der Waals surface area (Å²) in [7, 11) is 0. The van der Waals surface area contributed by atoms with Crippen molar-refractivity contribution in [1.29, 1.82) is 0 Å². The topological polar surface area (TPSA) is 24.9 Å². The maximum Gasteiger partial charge on any atom is 0.111 e. The zero-order chi connectivity index (χ0) is 11.9. The fourth-order valence-corrected chi connectivity index (χ4v) is 4.97. The third-order valence-electron chi connectivity index (χ3n) is 3.57. The van der Waals surface area contributed by atoms with E-state index in [0.29, 0.717) is 6.04 Å². The lowest BCUT2D eigenvalue weighted by Crippen LogP contribution is -2.12. The van der Waals surface area contributed by atoms with Gasteiger partial charge in [-0.25, -0.2) is 4.98 Å². The fourth-order valence-electron chi connectivity index (χ4n) is 2.65. The molecule has 4 heteroatoms. The predicted molar refractivity (Wildman–Crippen MR) is 77.1 cm³/mol. The van der Waals surface area contributed by atoms with Gasteiger partial charge in [0.05, 0.1) is 11.7 Å². The number of fused-ring (bicyclic) bond motifs is 3. The Kier molecular flexibility index (Phi) is 2.68. The Labute approximate surface area is 115 Å². The molecule has 2 aliphatic heterocycles. The highest BCUT2D eigenvalue weighted by Crippen LogP contribution is 2.44. The van der Waals surface area contributed by atoms with Crippen molar-refractivity contribution in [1.82, 2.24) is 10.3 Å². The smallest absolute Gasteiger partial charge is 0.111 e. The van der Waals surface area contributed by atoms with Crippen LogP contribution in [0.15, 0.2) is 29.2 Å². The number of aromatic nitrogens is 1. The molecule has 0 spiro atoms. The monoisotopic (exact) mass is 274 g/mol. The van der Waals surface area contributed by atoms with E-state index in [0.717, 1.165) is 12.3 Å². The van der Waals surface area contributed by atoms with Crippen molar-refractivity contribution in [3.05, 3.63) is 34.2 Å². The maximum absolute atomic E-state index is 4.92. The molecular weight excluding hydrogens is 260 g/mol. The van der Waals surface area contributed by atoms with Crippen molar-refractivity contribution >= 4 is 23.1 Å². The van der Waals surface area contributed by atoms with E-state index in [1.807, 2.05) is 23.1 Å². The number of nitrogens with zero attached hydrogens (tertiary/aromatic N) is 1. The molecule has 2 nitrogen and oxygen atoms in total. The van der Waals surface area contributed by atoms with E-state index in [1.54, 1.807) is 0 Å². The van der Waals surface area contributed by atoms with Crippen LogP contribution in [-0.2, 0) is 5.75 Å². The van der Waals surface area contributed by atoms with Crippen LogP contribution in [0.2, 0.25) is 0 Å². The molecule has 1 unspecified atom stereocenters. The van der Waals surface area contributed by atoms with Crippen LogP contribution < -0.4 is 5.32 Å². The SMILES string of the molecule is c1ccc2c(c1)SCc1sc(C3CCCN3)nc1-2. The predicted octanol–water partition coefficient (Wildman–Crippen LogP) is 3.84. The first-order valence-electron chi connectivity index (χ1n) is 6.37. The number of thioether (sulfide) groups is 1. The van der Waals surface area contributed by atoms with E-state index in [4.69, 9.17) is 4.98 Å². The molecule has 1 saturated heterocycles. The zero-order valence-electron chi connectivity index (χ0n) is 9.98. The van der Waals surface area contributed by atoms with Crippen molar-refractivity contribution in [3.63, 3.8) is 0 Å². The number of nitrogens with one attached hydrogen (secondary N) is 1. The third kappa shape index (κ3) is 1.71. The van der Waals surface area contributed by atoms with Gasteiger partial charge in [0.1, 0.15) is 5.01 Å². The second-order valence-electron chi connectivity index (χ2n) is 4.76. The summed E-state index contributed by atoms with van der Waals surface area (Å²) in [6.07, 6.45) is 2.52.